The van der Waals surface area contributed by atoms with Crippen LogP contribution in [-0.2, 0) is 18.6 Å². The summed E-state index contributed by atoms with van der Waals surface area (Å²) in [6.45, 7) is 0. The Hall–Kier alpha value is -0.700. The van der Waals surface area contributed by atoms with Crippen LogP contribution in [0.5, 0.6) is 0 Å². The molecule has 2 nitrogen and oxygen atoms in total. The monoisotopic (exact) mass is 277 g/mol. The maximum Gasteiger partial charge on any atom is 0.255 e. The minimum atomic E-state index is 0.238. The molecule has 0 unspecified atom stereocenters. The highest BCUT2D eigenvalue weighted by Crippen LogP contribution is 2.31. The first-order valence-electron chi connectivity index (χ1n) is 7.68. The Morgan fingerprint density at radius 3 is 2.58 bits per heavy atom. The van der Waals surface area contributed by atoms with Crippen LogP contribution >= 0.6 is 12.6 Å². The Balaban J connectivity index is 2.11. The zero-order chi connectivity index (χ0) is 13.2. The average Bonchev–Trinajstić information content (AvgIpc) is 2.47. The number of pyridine rings is 1. The fourth-order valence-corrected chi connectivity index (χ4v) is 3.96. The topological polar surface area (TPSA) is 22.0 Å². The Morgan fingerprint density at radius 2 is 1.84 bits per heavy atom. The molecule has 3 rings (SSSR count). The zero-order valence-corrected chi connectivity index (χ0v) is 12.4. The molecule has 0 saturated heterocycles. The van der Waals surface area contributed by atoms with Crippen molar-refractivity contribution in [3.63, 3.8) is 0 Å². The molecule has 0 aliphatic heterocycles. The molecular weight excluding hydrogens is 254 g/mol. The zero-order valence-electron chi connectivity index (χ0n) is 11.5. The number of hydrogen-bond donors (Lipinski definition) is 1. The van der Waals surface area contributed by atoms with Gasteiger partial charge >= 0.3 is 0 Å². The molecule has 0 spiro atoms. The summed E-state index contributed by atoms with van der Waals surface area (Å²) in [4.78, 5) is 12.7. The van der Waals surface area contributed by atoms with Gasteiger partial charge in [-0.2, -0.15) is 12.6 Å². The molecule has 1 saturated carbocycles. The molecule has 2 aliphatic rings. The predicted molar refractivity (Wildman–Crippen MR) is 82.2 cm³/mol. The quantitative estimate of drug-likeness (QED) is 0.819. The third-order valence-electron chi connectivity index (χ3n) is 4.72. The lowest BCUT2D eigenvalue weighted by Crippen LogP contribution is -2.33. The van der Waals surface area contributed by atoms with Gasteiger partial charge in [-0.1, -0.05) is 19.3 Å². The van der Waals surface area contributed by atoms with Crippen LogP contribution in [-0.4, -0.2) is 4.57 Å². The smallest absolute Gasteiger partial charge is 0.255 e. The van der Waals surface area contributed by atoms with Gasteiger partial charge in [0.05, 0.1) is 0 Å². The second-order valence-electron chi connectivity index (χ2n) is 5.97. The lowest BCUT2D eigenvalue weighted by atomic mass is 9.90. The van der Waals surface area contributed by atoms with Crippen molar-refractivity contribution in [1.29, 1.82) is 0 Å². The van der Waals surface area contributed by atoms with Crippen LogP contribution in [0.1, 0.15) is 67.8 Å². The SMILES string of the molecule is O=c1c(CS)cc2c(n1C1CCCCC1)CCCC2. The summed E-state index contributed by atoms with van der Waals surface area (Å²) in [5, 5.41) is 0. The van der Waals surface area contributed by atoms with Crippen molar-refractivity contribution in [1.82, 2.24) is 4.57 Å². The Kier molecular flexibility index (Phi) is 4.01. The van der Waals surface area contributed by atoms with Gasteiger partial charge < -0.3 is 4.57 Å². The van der Waals surface area contributed by atoms with Crippen LogP contribution in [0.25, 0.3) is 0 Å². The lowest BCUT2D eigenvalue weighted by Gasteiger charge is -2.30. The molecule has 104 valence electrons. The van der Waals surface area contributed by atoms with Crippen molar-refractivity contribution < 1.29 is 0 Å². The van der Waals surface area contributed by atoms with Crippen LogP contribution in [0.2, 0.25) is 0 Å². The molecule has 1 heterocycles. The van der Waals surface area contributed by atoms with Crippen LogP contribution in [0.3, 0.4) is 0 Å². The number of aromatic nitrogens is 1. The molecule has 0 amide bonds. The lowest BCUT2D eigenvalue weighted by molar-refractivity contribution is 0.334. The Bertz CT molecular complexity index is 514. The number of fused-ring (bicyclic) bond motifs is 1. The Labute approximate surface area is 120 Å². The minimum absolute atomic E-state index is 0.238. The molecule has 3 heteroatoms. The molecule has 1 aromatic heterocycles. The fourth-order valence-electron chi connectivity index (χ4n) is 3.73. The summed E-state index contributed by atoms with van der Waals surface area (Å²) in [6, 6.07) is 2.58. The van der Waals surface area contributed by atoms with Crippen molar-refractivity contribution in [2.45, 2.75) is 69.6 Å². The normalized spacial score (nSPS) is 20.3. The van der Waals surface area contributed by atoms with Gasteiger partial charge in [0.2, 0.25) is 0 Å². The summed E-state index contributed by atoms with van der Waals surface area (Å²) in [7, 11) is 0. The second-order valence-corrected chi connectivity index (χ2v) is 6.29. The Morgan fingerprint density at radius 1 is 1.11 bits per heavy atom. The maximum absolute atomic E-state index is 12.7. The first kappa shape index (κ1) is 13.3. The maximum atomic E-state index is 12.7. The first-order valence-corrected chi connectivity index (χ1v) is 8.31. The van der Waals surface area contributed by atoms with Gasteiger partial charge in [0.15, 0.2) is 0 Å². The van der Waals surface area contributed by atoms with Crippen LogP contribution in [0.4, 0.5) is 0 Å². The van der Waals surface area contributed by atoms with E-state index < -0.39 is 0 Å². The summed E-state index contributed by atoms with van der Waals surface area (Å²) < 4.78 is 2.17. The van der Waals surface area contributed by atoms with E-state index in [4.69, 9.17) is 0 Å². The van der Waals surface area contributed by atoms with Gasteiger partial charge in [0.25, 0.3) is 5.56 Å². The van der Waals surface area contributed by atoms with E-state index in [1.54, 1.807) is 0 Å². The van der Waals surface area contributed by atoms with Gasteiger partial charge in [-0.25, -0.2) is 0 Å². The van der Waals surface area contributed by atoms with Crippen LogP contribution in [0.15, 0.2) is 10.9 Å². The highest BCUT2D eigenvalue weighted by Gasteiger charge is 2.23. The molecule has 0 N–H and O–H groups in total. The van der Waals surface area contributed by atoms with Gasteiger partial charge in [-0.05, 0) is 50.2 Å². The molecule has 0 radical (unpaired) electrons. The van der Waals surface area contributed by atoms with E-state index in [2.05, 4.69) is 23.3 Å². The summed E-state index contributed by atoms with van der Waals surface area (Å²) in [5.41, 5.74) is 3.89. The van der Waals surface area contributed by atoms with E-state index in [1.165, 1.54) is 56.2 Å². The van der Waals surface area contributed by atoms with Crippen molar-refractivity contribution in [2.75, 3.05) is 0 Å². The number of hydrogen-bond acceptors (Lipinski definition) is 2. The predicted octanol–water partition coefficient (Wildman–Crippen LogP) is 3.66. The molecule has 1 aromatic rings. The number of nitrogens with zero attached hydrogens (tertiary/aromatic N) is 1. The van der Waals surface area contributed by atoms with Gasteiger partial charge in [-0.3, -0.25) is 4.79 Å². The van der Waals surface area contributed by atoms with E-state index in [1.807, 2.05) is 0 Å². The van der Waals surface area contributed by atoms with Crippen LogP contribution in [0, 0.1) is 0 Å². The molecule has 0 atom stereocenters. The average molecular weight is 277 g/mol. The molecule has 1 fully saturated rings. The molecule has 0 bridgehead atoms. The summed E-state index contributed by atoms with van der Waals surface area (Å²) in [6.07, 6.45) is 11.0. The van der Waals surface area contributed by atoms with Crippen molar-refractivity contribution in [3.05, 3.63) is 33.2 Å². The first-order chi connectivity index (χ1) is 9.31. The largest absolute Gasteiger partial charge is 0.309 e. The van der Waals surface area contributed by atoms with E-state index >= 15 is 0 Å². The van der Waals surface area contributed by atoms with Gasteiger partial charge in [0.1, 0.15) is 0 Å². The van der Waals surface area contributed by atoms with Crippen molar-refractivity contribution >= 4 is 12.6 Å². The number of rotatable bonds is 2. The van der Waals surface area contributed by atoms with Crippen molar-refractivity contribution in [2.24, 2.45) is 0 Å². The van der Waals surface area contributed by atoms with Gasteiger partial charge in [-0.15, -0.1) is 0 Å². The van der Waals surface area contributed by atoms with E-state index in [0.29, 0.717) is 11.8 Å². The van der Waals surface area contributed by atoms with E-state index in [0.717, 1.165) is 18.4 Å². The summed E-state index contributed by atoms with van der Waals surface area (Å²) >= 11 is 4.35. The molecule has 19 heavy (non-hydrogen) atoms. The number of thiol groups is 1. The number of aryl methyl sites for hydroxylation is 1. The minimum Gasteiger partial charge on any atom is -0.309 e. The van der Waals surface area contributed by atoms with E-state index in [-0.39, 0.29) is 5.56 Å². The van der Waals surface area contributed by atoms with Crippen LogP contribution < -0.4 is 5.56 Å². The highest BCUT2D eigenvalue weighted by atomic mass is 32.1. The van der Waals surface area contributed by atoms with Gasteiger partial charge in [0, 0.05) is 23.1 Å². The molecule has 2 aliphatic carbocycles. The molecular formula is C16H23NOS. The molecule has 0 aromatic carbocycles. The third-order valence-corrected chi connectivity index (χ3v) is 5.06. The van der Waals surface area contributed by atoms with E-state index in [9.17, 15) is 4.79 Å². The van der Waals surface area contributed by atoms with Crippen molar-refractivity contribution in [3.8, 4) is 0 Å². The third kappa shape index (κ3) is 2.49. The highest BCUT2D eigenvalue weighted by molar-refractivity contribution is 7.79. The standard InChI is InChI=1S/C16H23NOS/c18-16-13(11-19)10-12-6-4-5-9-15(12)17(16)14-7-2-1-3-8-14/h10,14,19H,1-9,11H2. The fraction of sp³-hybridized carbons (Fsp3) is 0.688. The summed E-state index contributed by atoms with van der Waals surface area (Å²) in [5.74, 6) is 0.568. The second kappa shape index (κ2) is 5.74.